The number of nitrogens with zero attached hydrogens (tertiary/aromatic N) is 1. The van der Waals surface area contributed by atoms with Gasteiger partial charge in [-0.05, 0) is 23.8 Å². The molecule has 0 aliphatic heterocycles. The minimum Gasteiger partial charge on any atom is -0.445 e. The molecule has 0 N–H and O–H groups in total. The molecule has 0 atom stereocenters. The average Bonchev–Trinajstić information content (AvgIpc) is 2.76. The van der Waals surface area contributed by atoms with Crippen molar-refractivity contribution >= 4 is 23.8 Å². The Morgan fingerprint density at radius 2 is 2.00 bits per heavy atom. The lowest BCUT2D eigenvalue weighted by atomic mass is 10.2. The SMILES string of the molecule is Fc1ccc(/C=C/c2nc(CCl)co2)cc1. The molecule has 16 heavy (non-hydrogen) atoms. The van der Waals surface area contributed by atoms with Crippen LogP contribution in [-0.2, 0) is 5.88 Å². The Morgan fingerprint density at radius 1 is 1.25 bits per heavy atom. The first-order valence-electron chi connectivity index (χ1n) is 4.72. The Labute approximate surface area is 97.4 Å². The van der Waals surface area contributed by atoms with Crippen LogP contribution in [-0.4, -0.2) is 4.98 Å². The third-order valence-electron chi connectivity index (χ3n) is 1.99. The highest BCUT2D eigenvalue weighted by Gasteiger charge is 1.98. The fraction of sp³-hybridized carbons (Fsp3) is 0.0833. The van der Waals surface area contributed by atoms with Crippen molar-refractivity contribution in [3.8, 4) is 0 Å². The maximum absolute atomic E-state index is 12.6. The smallest absolute Gasteiger partial charge is 0.218 e. The van der Waals surface area contributed by atoms with Crippen LogP contribution in [0.2, 0.25) is 0 Å². The molecule has 0 aliphatic carbocycles. The monoisotopic (exact) mass is 237 g/mol. The molecule has 0 saturated heterocycles. The van der Waals surface area contributed by atoms with Crippen LogP contribution in [0.5, 0.6) is 0 Å². The first kappa shape index (κ1) is 10.9. The molecule has 0 saturated carbocycles. The summed E-state index contributed by atoms with van der Waals surface area (Å²) in [6.07, 6.45) is 5.02. The van der Waals surface area contributed by atoms with Crippen LogP contribution in [0.3, 0.4) is 0 Å². The van der Waals surface area contributed by atoms with E-state index in [-0.39, 0.29) is 5.82 Å². The molecule has 0 unspecified atom stereocenters. The van der Waals surface area contributed by atoms with E-state index in [1.807, 2.05) is 0 Å². The summed E-state index contributed by atoms with van der Waals surface area (Å²) in [5, 5.41) is 0. The van der Waals surface area contributed by atoms with E-state index in [0.717, 1.165) is 5.56 Å². The van der Waals surface area contributed by atoms with E-state index < -0.39 is 0 Å². The lowest BCUT2D eigenvalue weighted by Gasteiger charge is -1.91. The van der Waals surface area contributed by atoms with Gasteiger partial charge in [0.25, 0.3) is 0 Å². The fourth-order valence-corrected chi connectivity index (χ4v) is 1.32. The number of hydrogen-bond donors (Lipinski definition) is 0. The van der Waals surface area contributed by atoms with Crippen molar-refractivity contribution in [1.29, 1.82) is 0 Å². The van der Waals surface area contributed by atoms with Crippen molar-refractivity contribution in [2.75, 3.05) is 0 Å². The lowest BCUT2D eigenvalue weighted by molar-refractivity contribution is 0.546. The Bertz CT molecular complexity index is 490. The molecule has 1 aromatic carbocycles. The molecule has 82 valence electrons. The van der Waals surface area contributed by atoms with Gasteiger partial charge < -0.3 is 4.42 Å². The highest BCUT2D eigenvalue weighted by molar-refractivity contribution is 6.16. The second-order valence-electron chi connectivity index (χ2n) is 3.20. The molecular weight excluding hydrogens is 229 g/mol. The Morgan fingerprint density at radius 3 is 2.62 bits per heavy atom. The molecule has 1 aromatic heterocycles. The van der Waals surface area contributed by atoms with Gasteiger partial charge in [-0.2, -0.15) is 0 Å². The zero-order valence-electron chi connectivity index (χ0n) is 8.36. The van der Waals surface area contributed by atoms with Crippen LogP contribution >= 0.6 is 11.6 Å². The standard InChI is InChI=1S/C12H9ClFNO/c13-7-11-8-16-12(15-11)6-3-9-1-4-10(14)5-2-9/h1-6,8H,7H2/b6-3+. The van der Waals surface area contributed by atoms with Gasteiger partial charge in [0.05, 0.1) is 11.6 Å². The van der Waals surface area contributed by atoms with Crippen LogP contribution in [0, 0.1) is 5.82 Å². The number of alkyl halides is 1. The van der Waals surface area contributed by atoms with Crippen molar-refractivity contribution in [2.24, 2.45) is 0 Å². The van der Waals surface area contributed by atoms with Gasteiger partial charge in [0.1, 0.15) is 12.1 Å². The minimum absolute atomic E-state index is 0.252. The van der Waals surface area contributed by atoms with Gasteiger partial charge in [-0.15, -0.1) is 11.6 Å². The summed E-state index contributed by atoms with van der Waals surface area (Å²) in [7, 11) is 0. The van der Waals surface area contributed by atoms with Crippen molar-refractivity contribution in [3.05, 3.63) is 53.5 Å². The van der Waals surface area contributed by atoms with Gasteiger partial charge in [-0.25, -0.2) is 9.37 Å². The third-order valence-corrected chi connectivity index (χ3v) is 2.27. The summed E-state index contributed by atoms with van der Waals surface area (Å²) in [6, 6.07) is 6.16. The minimum atomic E-state index is -0.252. The highest BCUT2D eigenvalue weighted by Crippen LogP contribution is 2.10. The second-order valence-corrected chi connectivity index (χ2v) is 3.46. The van der Waals surface area contributed by atoms with Gasteiger partial charge in [0.15, 0.2) is 0 Å². The Kier molecular flexibility index (Phi) is 3.37. The van der Waals surface area contributed by atoms with E-state index in [0.29, 0.717) is 17.5 Å². The van der Waals surface area contributed by atoms with Crippen molar-refractivity contribution in [3.63, 3.8) is 0 Å². The van der Waals surface area contributed by atoms with Gasteiger partial charge in [-0.3, -0.25) is 0 Å². The van der Waals surface area contributed by atoms with Crippen LogP contribution in [0.25, 0.3) is 12.2 Å². The number of benzene rings is 1. The van der Waals surface area contributed by atoms with E-state index in [1.165, 1.54) is 18.4 Å². The highest BCUT2D eigenvalue weighted by atomic mass is 35.5. The predicted octanol–water partition coefficient (Wildman–Crippen LogP) is 3.72. The first-order valence-corrected chi connectivity index (χ1v) is 5.25. The number of hydrogen-bond acceptors (Lipinski definition) is 2. The molecule has 0 fully saturated rings. The summed E-state index contributed by atoms with van der Waals surface area (Å²) in [4.78, 5) is 4.10. The summed E-state index contributed by atoms with van der Waals surface area (Å²) in [6.45, 7) is 0. The van der Waals surface area contributed by atoms with Gasteiger partial charge in [0.2, 0.25) is 5.89 Å². The summed E-state index contributed by atoms with van der Waals surface area (Å²) in [5.74, 6) is 0.561. The topological polar surface area (TPSA) is 26.0 Å². The largest absolute Gasteiger partial charge is 0.445 e. The molecule has 2 nitrogen and oxygen atoms in total. The lowest BCUT2D eigenvalue weighted by Crippen LogP contribution is -1.77. The summed E-state index contributed by atoms with van der Waals surface area (Å²) in [5.41, 5.74) is 1.58. The quantitative estimate of drug-likeness (QED) is 0.761. The molecule has 4 heteroatoms. The maximum Gasteiger partial charge on any atom is 0.218 e. The Hall–Kier alpha value is -1.61. The molecule has 0 amide bonds. The van der Waals surface area contributed by atoms with E-state index in [2.05, 4.69) is 4.98 Å². The number of halogens is 2. The molecular formula is C12H9ClFNO. The van der Waals surface area contributed by atoms with Crippen LogP contribution in [0.15, 0.2) is 34.9 Å². The number of oxazole rings is 1. The van der Waals surface area contributed by atoms with Crippen molar-refractivity contribution < 1.29 is 8.81 Å². The molecule has 1 heterocycles. The predicted molar refractivity (Wildman–Crippen MR) is 61.4 cm³/mol. The third kappa shape index (κ3) is 2.70. The van der Waals surface area contributed by atoms with Gasteiger partial charge in [-0.1, -0.05) is 12.1 Å². The molecule has 2 rings (SSSR count). The molecule has 2 aromatic rings. The van der Waals surface area contributed by atoms with Gasteiger partial charge >= 0.3 is 0 Å². The van der Waals surface area contributed by atoms with Crippen molar-refractivity contribution in [2.45, 2.75) is 5.88 Å². The fourth-order valence-electron chi connectivity index (χ4n) is 1.20. The van der Waals surface area contributed by atoms with E-state index in [4.69, 9.17) is 16.0 Å². The van der Waals surface area contributed by atoms with Crippen LogP contribution < -0.4 is 0 Å². The normalized spacial score (nSPS) is 11.1. The molecule has 0 aliphatic rings. The van der Waals surface area contributed by atoms with Crippen molar-refractivity contribution in [1.82, 2.24) is 4.98 Å². The Balaban J connectivity index is 2.11. The zero-order valence-corrected chi connectivity index (χ0v) is 9.12. The van der Waals surface area contributed by atoms with Crippen LogP contribution in [0.1, 0.15) is 17.1 Å². The zero-order chi connectivity index (χ0) is 11.4. The van der Waals surface area contributed by atoms with Crippen LogP contribution in [0.4, 0.5) is 4.39 Å². The molecule has 0 radical (unpaired) electrons. The van der Waals surface area contributed by atoms with E-state index in [9.17, 15) is 4.39 Å². The van der Waals surface area contributed by atoms with Gasteiger partial charge in [0, 0.05) is 6.08 Å². The first-order chi connectivity index (χ1) is 7.78. The summed E-state index contributed by atoms with van der Waals surface area (Å²) >= 11 is 5.59. The molecule has 0 bridgehead atoms. The average molecular weight is 238 g/mol. The number of rotatable bonds is 3. The maximum atomic E-state index is 12.6. The second kappa shape index (κ2) is 4.94. The van der Waals surface area contributed by atoms with E-state index in [1.54, 1.807) is 24.3 Å². The summed E-state index contributed by atoms with van der Waals surface area (Å²) < 4.78 is 17.8. The molecule has 0 spiro atoms. The van der Waals surface area contributed by atoms with E-state index >= 15 is 0 Å². The number of aromatic nitrogens is 1.